The maximum absolute atomic E-state index is 12.8. The van der Waals surface area contributed by atoms with Crippen LogP contribution in [0.25, 0.3) is 0 Å². The normalized spacial score (nSPS) is 16.9. The Kier molecular flexibility index (Phi) is 6.30. The summed E-state index contributed by atoms with van der Waals surface area (Å²) >= 11 is 0. The number of carbonyl (C=O) groups excluding carboxylic acids is 3. The van der Waals surface area contributed by atoms with Gasteiger partial charge >= 0.3 is 12.2 Å². The summed E-state index contributed by atoms with van der Waals surface area (Å²) in [5.74, 6) is 0.0769. The van der Waals surface area contributed by atoms with E-state index in [0.717, 1.165) is 0 Å². The molecule has 0 saturated heterocycles. The highest BCUT2D eigenvalue weighted by atomic mass is 16.6. The minimum Gasteiger partial charge on any atom is -0.489 e. The number of rotatable bonds is 2. The van der Waals surface area contributed by atoms with Crippen molar-refractivity contribution in [1.82, 2.24) is 5.32 Å². The van der Waals surface area contributed by atoms with Crippen LogP contribution >= 0.6 is 0 Å². The fraction of sp³-hybridized carbons (Fsp3) is 0.550. The molecular weight excluding hydrogens is 378 g/mol. The molecule has 9 heteroatoms. The van der Waals surface area contributed by atoms with Gasteiger partial charge in [0.25, 0.3) is 5.91 Å². The van der Waals surface area contributed by atoms with E-state index in [2.05, 4.69) is 10.6 Å². The number of fused-ring (bicyclic) bond motifs is 1. The van der Waals surface area contributed by atoms with Crippen LogP contribution in [0, 0.1) is 0 Å². The molecule has 0 saturated carbocycles. The Hall–Kier alpha value is -2.97. The Balaban J connectivity index is 2.13. The minimum atomic E-state index is -0.912. The van der Waals surface area contributed by atoms with Gasteiger partial charge in [0.05, 0.1) is 5.69 Å². The van der Waals surface area contributed by atoms with E-state index in [1.54, 1.807) is 66.8 Å². The highest BCUT2D eigenvalue weighted by molar-refractivity contribution is 6.01. The molecule has 0 radical (unpaired) electrons. The van der Waals surface area contributed by atoms with Crippen molar-refractivity contribution in [1.29, 1.82) is 0 Å². The Bertz CT molecular complexity index is 794. The van der Waals surface area contributed by atoms with Gasteiger partial charge in [0.1, 0.15) is 29.6 Å². The van der Waals surface area contributed by atoms with Gasteiger partial charge in [-0.2, -0.15) is 0 Å². The maximum Gasteiger partial charge on any atom is 0.412 e. The first-order valence-corrected chi connectivity index (χ1v) is 9.29. The topological polar surface area (TPSA) is 106 Å². The van der Waals surface area contributed by atoms with Crippen LogP contribution in [0.3, 0.4) is 0 Å². The second kappa shape index (κ2) is 8.18. The Morgan fingerprint density at radius 3 is 2.24 bits per heavy atom. The molecule has 2 N–H and O–H groups in total. The lowest BCUT2D eigenvalue weighted by Gasteiger charge is -2.24. The molecule has 0 fully saturated rings. The van der Waals surface area contributed by atoms with Crippen molar-refractivity contribution in [3.05, 3.63) is 18.2 Å². The average Bonchev–Trinajstić information content (AvgIpc) is 2.64. The third kappa shape index (κ3) is 6.55. The van der Waals surface area contributed by atoms with Gasteiger partial charge < -0.3 is 24.4 Å². The number of likely N-dealkylation sites (N-methyl/N-ethyl adjacent to an activating group) is 1. The molecule has 2 rings (SSSR count). The van der Waals surface area contributed by atoms with Crippen molar-refractivity contribution < 1.29 is 28.6 Å². The number of benzene rings is 1. The summed E-state index contributed by atoms with van der Waals surface area (Å²) in [5.41, 5.74) is -0.418. The van der Waals surface area contributed by atoms with Crippen LogP contribution in [0.5, 0.6) is 5.75 Å². The minimum absolute atomic E-state index is 0.0474. The van der Waals surface area contributed by atoms with Gasteiger partial charge in [0.15, 0.2) is 0 Å². The lowest BCUT2D eigenvalue weighted by molar-refractivity contribution is -0.120. The molecule has 0 bridgehead atoms. The fourth-order valence-electron chi connectivity index (χ4n) is 2.55. The number of hydrogen-bond donors (Lipinski definition) is 2. The molecular formula is C20H29N3O6. The number of nitrogens with zero attached hydrogens (tertiary/aromatic N) is 1. The lowest BCUT2D eigenvalue weighted by atomic mass is 10.2. The van der Waals surface area contributed by atoms with Crippen LogP contribution in [-0.4, -0.2) is 49.0 Å². The van der Waals surface area contributed by atoms with Crippen LogP contribution < -0.4 is 20.3 Å². The largest absolute Gasteiger partial charge is 0.489 e. The van der Waals surface area contributed by atoms with Crippen LogP contribution in [0.2, 0.25) is 0 Å². The smallest absolute Gasteiger partial charge is 0.412 e. The van der Waals surface area contributed by atoms with Crippen molar-refractivity contribution in [3.63, 3.8) is 0 Å². The summed E-state index contributed by atoms with van der Waals surface area (Å²) in [7, 11) is 1.57. The van der Waals surface area contributed by atoms with Crippen LogP contribution in [0.15, 0.2) is 18.2 Å². The number of nitrogens with one attached hydrogen (secondary N) is 2. The van der Waals surface area contributed by atoms with Gasteiger partial charge in [-0.1, -0.05) is 0 Å². The van der Waals surface area contributed by atoms with Crippen molar-refractivity contribution in [3.8, 4) is 5.75 Å². The van der Waals surface area contributed by atoms with Gasteiger partial charge in [0.2, 0.25) is 0 Å². The van der Waals surface area contributed by atoms with Crippen molar-refractivity contribution >= 4 is 29.5 Å². The van der Waals surface area contributed by atoms with E-state index < -0.39 is 29.4 Å². The van der Waals surface area contributed by atoms with E-state index in [1.165, 1.54) is 4.90 Å². The molecule has 0 aliphatic carbocycles. The molecule has 1 heterocycles. The molecule has 0 spiro atoms. The first kappa shape index (κ1) is 22.3. The average molecular weight is 407 g/mol. The molecule has 1 aliphatic heterocycles. The van der Waals surface area contributed by atoms with E-state index in [0.29, 0.717) is 17.1 Å². The summed E-state index contributed by atoms with van der Waals surface area (Å²) in [6, 6.07) is 3.97. The van der Waals surface area contributed by atoms with Gasteiger partial charge in [-0.15, -0.1) is 0 Å². The predicted molar refractivity (Wildman–Crippen MR) is 108 cm³/mol. The summed E-state index contributed by atoms with van der Waals surface area (Å²) in [5, 5.41) is 5.17. The van der Waals surface area contributed by atoms with Crippen molar-refractivity contribution in [2.45, 2.75) is 58.8 Å². The third-order valence-corrected chi connectivity index (χ3v) is 3.69. The highest BCUT2D eigenvalue weighted by Crippen LogP contribution is 2.33. The molecule has 0 aromatic heterocycles. The standard InChI is InChI=1S/C20H29N3O6/c1-19(2,3)28-17(25)21-12-8-9-15-14(10-12)23(7)16(24)13(11-27-15)22-18(26)29-20(4,5)6/h8-10,13H,11H2,1-7H3,(H,21,25)(H,22,26)/t13-/m0/s1. The van der Waals surface area contributed by atoms with E-state index in [9.17, 15) is 14.4 Å². The zero-order valence-electron chi connectivity index (χ0n) is 17.9. The molecule has 9 nitrogen and oxygen atoms in total. The SMILES string of the molecule is CN1C(=O)[C@@H](NC(=O)OC(C)(C)C)COc2ccc(NC(=O)OC(C)(C)C)cc21. The van der Waals surface area contributed by atoms with E-state index in [4.69, 9.17) is 14.2 Å². The van der Waals surface area contributed by atoms with Gasteiger partial charge in [-0.3, -0.25) is 10.1 Å². The quantitative estimate of drug-likeness (QED) is 0.779. The highest BCUT2D eigenvalue weighted by Gasteiger charge is 2.32. The fourth-order valence-corrected chi connectivity index (χ4v) is 2.55. The number of carbonyl (C=O) groups is 3. The molecule has 0 unspecified atom stereocenters. The van der Waals surface area contributed by atoms with E-state index in [-0.39, 0.29) is 12.5 Å². The second-order valence-corrected chi connectivity index (χ2v) is 8.72. The van der Waals surface area contributed by atoms with Crippen molar-refractivity contribution in [2.24, 2.45) is 0 Å². The van der Waals surface area contributed by atoms with E-state index >= 15 is 0 Å². The number of alkyl carbamates (subject to hydrolysis) is 1. The first-order chi connectivity index (χ1) is 13.2. The van der Waals surface area contributed by atoms with Crippen LogP contribution in [0.4, 0.5) is 21.0 Å². The van der Waals surface area contributed by atoms with Crippen LogP contribution in [-0.2, 0) is 14.3 Å². The summed E-state index contributed by atoms with van der Waals surface area (Å²) in [6.45, 7) is 10.5. The monoisotopic (exact) mass is 407 g/mol. The lowest BCUT2D eigenvalue weighted by Crippen LogP contribution is -2.50. The first-order valence-electron chi connectivity index (χ1n) is 9.29. The second-order valence-electron chi connectivity index (χ2n) is 8.72. The molecule has 160 valence electrons. The summed E-state index contributed by atoms with van der Waals surface area (Å²) in [4.78, 5) is 38.2. The predicted octanol–water partition coefficient (Wildman–Crippen LogP) is 3.28. The number of amides is 3. The molecule has 1 atom stereocenters. The van der Waals surface area contributed by atoms with Gasteiger partial charge in [-0.05, 0) is 59.7 Å². The molecule has 1 aromatic carbocycles. The molecule has 1 aliphatic rings. The van der Waals surface area contributed by atoms with E-state index in [1.807, 2.05) is 0 Å². The number of anilines is 2. The zero-order valence-corrected chi connectivity index (χ0v) is 17.9. The number of hydrogen-bond acceptors (Lipinski definition) is 6. The zero-order chi connectivity index (χ0) is 22.0. The Morgan fingerprint density at radius 1 is 1.07 bits per heavy atom. The van der Waals surface area contributed by atoms with Gasteiger partial charge in [0, 0.05) is 12.7 Å². The number of ether oxygens (including phenoxy) is 3. The molecule has 1 aromatic rings. The molecule has 29 heavy (non-hydrogen) atoms. The summed E-state index contributed by atoms with van der Waals surface area (Å²) in [6.07, 6.45) is -1.31. The Labute approximate surface area is 170 Å². The Morgan fingerprint density at radius 2 is 1.66 bits per heavy atom. The third-order valence-electron chi connectivity index (χ3n) is 3.69. The van der Waals surface area contributed by atoms with Crippen LogP contribution in [0.1, 0.15) is 41.5 Å². The molecule has 3 amide bonds. The van der Waals surface area contributed by atoms with Crippen molar-refractivity contribution in [2.75, 3.05) is 23.9 Å². The van der Waals surface area contributed by atoms with Gasteiger partial charge in [-0.25, -0.2) is 9.59 Å². The summed E-state index contributed by atoms with van der Waals surface area (Å²) < 4.78 is 16.1. The maximum atomic E-state index is 12.8.